The third-order valence-electron chi connectivity index (χ3n) is 1.83. The van der Waals surface area contributed by atoms with Gasteiger partial charge in [0, 0.05) is 12.6 Å². The van der Waals surface area contributed by atoms with Crippen molar-refractivity contribution < 1.29 is 22.3 Å². The number of anilines is 1. The molecule has 1 unspecified atom stereocenters. The largest absolute Gasteiger partial charge is 0.399 e. The van der Waals surface area contributed by atoms with Crippen molar-refractivity contribution in [2.75, 3.05) is 5.73 Å². The molecule has 8 heteroatoms. The van der Waals surface area contributed by atoms with Crippen LogP contribution in [0.1, 0.15) is 25.5 Å². The van der Waals surface area contributed by atoms with E-state index in [9.17, 15) is 4.79 Å². The minimum atomic E-state index is -4.67. The monoisotopic (exact) mass is 276 g/mol. The number of hydrogen-bond donors (Lipinski definition) is 4. The molecule has 1 rings (SSSR count). The van der Waals surface area contributed by atoms with Gasteiger partial charge >= 0.3 is 10.4 Å². The first-order valence-corrected chi connectivity index (χ1v) is 6.31. The van der Waals surface area contributed by atoms with E-state index in [1.807, 2.05) is 31.2 Å². The average molecular weight is 276 g/mol. The number of nitrogen functional groups attached to an aromatic ring is 1. The Morgan fingerprint density at radius 3 is 2.28 bits per heavy atom. The van der Waals surface area contributed by atoms with Gasteiger partial charge < -0.3 is 11.1 Å². The van der Waals surface area contributed by atoms with Crippen LogP contribution in [-0.2, 0) is 15.2 Å². The third-order valence-corrected chi connectivity index (χ3v) is 1.83. The van der Waals surface area contributed by atoms with E-state index in [0.29, 0.717) is 0 Å². The molecule has 0 aliphatic carbocycles. The molecule has 0 bridgehead atoms. The molecular weight excluding hydrogens is 260 g/mol. The molecule has 1 aromatic carbocycles. The second-order valence-electron chi connectivity index (χ2n) is 3.54. The summed E-state index contributed by atoms with van der Waals surface area (Å²) in [5, 5.41) is 2.79. The van der Waals surface area contributed by atoms with Crippen molar-refractivity contribution in [3.05, 3.63) is 29.8 Å². The maximum Gasteiger partial charge on any atom is 0.394 e. The highest BCUT2D eigenvalue weighted by Crippen LogP contribution is 2.14. The lowest BCUT2D eigenvalue weighted by atomic mass is 10.1. The van der Waals surface area contributed by atoms with Crippen LogP contribution in [0.5, 0.6) is 0 Å². The maximum atomic E-state index is 10.8. The molecule has 0 saturated heterocycles. The fourth-order valence-electron chi connectivity index (χ4n) is 1.22. The van der Waals surface area contributed by atoms with E-state index in [1.54, 1.807) is 0 Å². The number of carbonyl (C=O) groups excluding carboxylic acids is 1. The van der Waals surface area contributed by atoms with Crippen LogP contribution in [0, 0.1) is 0 Å². The number of nitrogens with two attached hydrogens (primary N) is 1. The van der Waals surface area contributed by atoms with Gasteiger partial charge in [-0.05, 0) is 24.6 Å². The standard InChI is InChI=1S/C10H14N2O.H2O4S/c1-7(12-8(2)13)9-4-3-5-10(11)6-9;1-5(2,3)4/h3-7H,11H2,1-2H3,(H,12,13);(H2,1,2,3,4). The molecule has 0 fully saturated rings. The number of rotatable bonds is 2. The summed E-state index contributed by atoms with van der Waals surface area (Å²) in [5.74, 6) is -0.0325. The van der Waals surface area contributed by atoms with Crippen LogP contribution >= 0.6 is 0 Å². The first-order chi connectivity index (χ1) is 8.09. The summed E-state index contributed by atoms with van der Waals surface area (Å²) in [7, 11) is -4.67. The molecular formula is C10H16N2O5S. The molecule has 18 heavy (non-hydrogen) atoms. The van der Waals surface area contributed by atoms with Gasteiger partial charge in [0.15, 0.2) is 0 Å². The zero-order chi connectivity index (χ0) is 14.3. The number of carbonyl (C=O) groups is 1. The van der Waals surface area contributed by atoms with Gasteiger partial charge in [-0.15, -0.1) is 0 Å². The zero-order valence-electron chi connectivity index (χ0n) is 9.99. The molecule has 7 nitrogen and oxygen atoms in total. The lowest BCUT2D eigenvalue weighted by Gasteiger charge is -2.12. The Morgan fingerprint density at radius 1 is 1.39 bits per heavy atom. The topological polar surface area (TPSA) is 130 Å². The summed E-state index contributed by atoms with van der Waals surface area (Å²) in [6.45, 7) is 3.43. The summed E-state index contributed by atoms with van der Waals surface area (Å²) in [5.41, 5.74) is 7.36. The van der Waals surface area contributed by atoms with Crippen LogP contribution in [-0.4, -0.2) is 23.4 Å². The Labute approximate surface area is 106 Å². The predicted molar refractivity (Wildman–Crippen MR) is 67.3 cm³/mol. The van der Waals surface area contributed by atoms with Gasteiger partial charge in [-0.3, -0.25) is 13.9 Å². The summed E-state index contributed by atoms with van der Waals surface area (Å²) in [6, 6.07) is 7.52. The van der Waals surface area contributed by atoms with Crippen molar-refractivity contribution >= 4 is 22.0 Å². The van der Waals surface area contributed by atoms with Crippen molar-refractivity contribution in [1.29, 1.82) is 0 Å². The van der Waals surface area contributed by atoms with E-state index in [0.717, 1.165) is 11.3 Å². The van der Waals surface area contributed by atoms with Crippen molar-refractivity contribution in [3.8, 4) is 0 Å². The van der Waals surface area contributed by atoms with Gasteiger partial charge in [0.25, 0.3) is 0 Å². The molecule has 0 saturated carbocycles. The molecule has 1 amide bonds. The van der Waals surface area contributed by atoms with E-state index >= 15 is 0 Å². The Hall–Kier alpha value is -1.64. The highest BCUT2D eigenvalue weighted by Gasteiger charge is 2.05. The Balaban J connectivity index is 0.000000494. The molecule has 0 radical (unpaired) electrons. The minimum absolute atomic E-state index is 0.0148. The zero-order valence-corrected chi connectivity index (χ0v) is 10.8. The van der Waals surface area contributed by atoms with Gasteiger partial charge in [-0.1, -0.05) is 12.1 Å². The minimum Gasteiger partial charge on any atom is -0.399 e. The van der Waals surface area contributed by atoms with Gasteiger partial charge in [-0.2, -0.15) is 8.42 Å². The van der Waals surface area contributed by atoms with Gasteiger partial charge in [0.2, 0.25) is 5.91 Å². The van der Waals surface area contributed by atoms with Crippen LogP contribution in [0.3, 0.4) is 0 Å². The van der Waals surface area contributed by atoms with Gasteiger partial charge in [0.05, 0.1) is 6.04 Å². The quantitative estimate of drug-likeness (QED) is 0.467. The average Bonchev–Trinajstić information content (AvgIpc) is 2.13. The molecule has 0 aliphatic heterocycles. The lowest BCUT2D eigenvalue weighted by molar-refractivity contribution is -0.119. The molecule has 0 aliphatic rings. The second kappa shape index (κ2) is 6.94. The Kier molecular flexibility index (Phi) is 6.31. The smallest absolute Gasteiger partial charge is 0.394 e. The first-order valence-electron chi connectivity index (χ1n) is 4.92. The molecule has 0 aromatic heterocycles. The predicted octanol–water partition coefficient (Wildman–Crippen LogP) is 0.813. The lowest BCUT2D eigenvalue weighted by Crippen LogP contribution is -2.23. The molecule has 0 spiro atoms. The van der Waals surface area contributed by atoms with Crippen LogP contribution in [0.25, 0.3) is 0 Å². The summed E-state index contributed by atoms with van der Waals surface area (Å²) < 4.78 is 31.6. The van der Waals surface area contributed by atoms with E-state index in [1.165, 1.54) is 6.92 Å². The third kappa shape index (κ3) is 9.58. The first kappa shape index (κ1) is 16.4. The van der Waals surface area contributed by atoms with Crippen molar-refractivity contribution in [2.24, 2.45) is 0 Å². The molecule has 1 atom stereocenters. The van der Waals surface area contributed by atoms with Crippen LogP contribution in [0.15, 0.2) is 24.3 Å². The van der Waals surface area contributed by atoms with Gasteiger partial charge in [-0.25, -0.2) is 0 Å². The fourth-order valence-corrected chi connectivity index (χ4v) is 1.22. The van der Waals surface area contributed by atoms with E-state index in [4.69, 9.17) is 23.3 Å². The normalized spacial score (nSPS) is 12.0. The Morgan fingerprint density at radius 2 is 1.89 bits per heavy atom. The van der Waals surface area contributed by atoms with Crippen LogP contribution in [0.2, 0.25) is 0 Å². The van der Waals surface area contributed by atoms with Crippen molar-refractivity contribution in [1.82, 2.24) is 5.32 Å². The molecule has 102 valence electrons. The van der Waals surface area contributed by atoms with Crippen molar-refractivity contribution in [3.63, 3.8) is 0 Å². The van der Waals surface area contributed by atoms with E-state index in [-0.39, 0.29) is 11.9 Å². The van der Waals surface area contributed by atoms with Crippen molar-refractivity contribution in [2.45, 2.75) is 19.9 Å². The Bertz CT molecular complexity index is 493. The molecule has 5 N–H and O–H groups in total. The number of benzene rings is 1. The highest BCUT2D eigenvalue weighted by molar-refractivity contribution is 7.79. The number of amides is 1. The second-order valence-corrected chi connectivity index (χ2v) is 4.44. The van der Waals surface area contributed by atoms with Crippen LogP contribution < -0.4 is 11.1 Å². The highest BCUT2D eigenvalue weighted by atomic mass is 32.3. The maximum absolute atomic E-state index is 10.8. The summed E-state index contributed by atoms with van der Waals surface area (Å²) in [6.07, 6.45) is 0. The molecule has 0 heterocycles. The summed E-state index contributed by atoms with van der Waals surface area (Å²) >= 11 is 0. The van der Waals surface area contributed by atoms with Crippen LogP contribution in [0.4, 0.5) is 5.69 Å². The SMILES string of the molecule is CC(=O)NC(C)c1cccc(N)c1.O=S(=O)(O)O. The fraction of sp³-hybridized carbons (Fsp3) is 0.300. The van der Waals surface area contributed by atoms with E-state index < -0.39 is 10.4 Å². The number of hydrogen-bond acceptors (Lipinski definition) is 4. The molecule has 1 aromatic rings. The summed E-state index contributed by atoms with van der Waals surface area (Å²) in [4.78, 5) is 10.8. The van der Waals surface area contributed by atoms with E-state index in [2.05, 4.69) is 5.32 Å². The number of nitrogens with one attached hydrogen (secondary N) is 1. The van der Waals surface area contributed by atoms with Gasteiger partial charge in [0.1, 0.15) is 0 Å².